The topological polar surface area (TPSA) is 73.1 Å². The summed E-state index contributed by atoms with van der Waals surface area (Å²) >= 11 is 1.31. The fourth-order valence-electron chi connectivity index (χ4n) is 4.50. The summed E-state index contributed by atoms with van der Waals surface area (Å²) in [5.74, 6) is 0.0940. The van der Waals surface area contributed by atoms with E-state index in [9.17, 15) is 9.59 Å². The van der Waals surface area contributed by atoms with Gasteiger partial charge in [0.15, 0.2) is 4.80 Å². The predicted molar refractivity (Wildman–Crippen MR) is 143 cm³/mol. The lowest BCUT2D eigenvalue weighted by Gasteiger charge is -2.25. The van der Waals surface area contributed by atoms with Crippen molar-refractivity contribution in [3.05, 3.63) is 90.6 Å². The average Bonchev–Trinajstić information content (AvgIpc) is 3.19. The number of anilines is 1. The molecule has 0 saturated heterocycles. The van der Waals surface area contributed by atoms with Gasteiger partial charge < -0.3 is 14.4 Å². The van der Waals surface area contributed by atoms with Crippen molar-refractivity contribution in [2.45, 2.75) is 33.7 Å². The predicted octanol–water partition coefficient (Wildman–Crippen LogP) is 3.65. The van der Waals surface area contributed by atoms with Crippen LogP contribution in [0, 0.1) is 0 Å². The molecule has 1 aliphatic heterocycles. The zero-order valence-corrected chi connectivity index (χ0v) is 22.1. The number of methoxy groups -OCH3 is 1. The van der Waals surface area contributed by atoms with Gasteiger partial charge >= 0.3 is 5.97 Å². The van der Waals surface area contributed by atoms with E-state index in [0.29, 0.717) is 31.9 Å². The van der Waals surface area contributed by atoms with E-state index in [1.54, 1.807) is 25.5 Å². The molecule has 0 fully saturated rings. The largest absolute Gasteiger partial charge is 0.496 e. The molecular weight excluding hydrogens is 474 g/mol. The minimum absolute atomic E-state index is 0.211. The number of nitrogens with zero attached hydrogens (tertiary/aromatic N) is 3. The summed E-state index contributed by atoms with van der Waals surface area (Å²) in [6, 6.07) is 14.9. The standard InChI is InChI=1S/C28H31N3O4S/c1-6-30(7-2)20-15-13-19(14-16-20)17-23-26(32)31-25(21-11-9-10-12-22(21)34-5)24(27(33)35-8-3)18(4)29-28(31)36-23/h9-17,25H,6-8H2,1-5H3/b23-17+/t25-/m0/s1. The Balaban J connectivity index is 1.88. The van der Waals surface area contributed by atoms with E-state index in [-0.39, 0.29) is 12.2 Å². The normalized spacial score (nSPS) is 15.4. The van der Waals surface area contributed by atoms with Gasteiger partial charge in [0.2, 0.25) is 0 Å². The van der Waals surface area contributed by atoms with Crippen molar-refractivity contribution in [2.24, 2.45) is 4.99 Å². The van der Waals surface area contributed by atoms with Crippen molar-refractivity contribution in [3.63, 3.8) is 0 Å². The van der Waals surface area contributed by atoms with Crippen LogP contribution in [0.15, 0.2) is 69.6 Å². The van der Waals surface area contributed by atoms with Crippen LogP contribution < -0.4 is 24.5 Å². The van der Waals surface area contributed by atoms with Crippen LogP contribution in [0.1, 0.15) is 44.9 Å². The second-order valence-electron chi connectivity index (χ2n) is 8.31. The Bertz CT molecular complexity index is 1460. The van der Waals surface area contributed by atoms with Gasteiger partial charge in [0.05, 0.1) is 29.5 Å². The number of hydrogen-bond acceptors (Lipinski definition) is 7. The van der Waals surface area contributed by atoms with Crippen LogP contribution in [-0.4, -0.2) is 37.3 Å². The Morgan fingerprint density at radius 2 is 1.81 bits per heavy atom. The maximum atomic E-state index is 13.8. The number of benzene rings is 2. The summed E-state index contributed by atoms with van der Waals surface area (Å²) in [6.45, 7) is 9.87. The third-order valence-electron chi connectivity index (χ3n) is 6.27. The number of allylic oxidation sites excluding steroid dienone is 1. The molecule has 2 aromatic carbocycles. The molecule has 0 spiro atoms. The van der Waals surface area contributed by atoms with Gasteiger partial charge in [0.1, 0.15) is 11.8 Å². The minimum Gasteiger partial charge on any atom is -0.496 e. The molecule has 0 radical (unpaired) electrons. The number of fused-ring (bicyclic) bond motifs is 1. The molecule has 2 heterocycles. The van der Waals surface area contributed by atoms with Crippen molar-refractivity contribution in [1.29, 1.82) is 0 Å². The smallest absolute Gasteiger partial charge is 0.338 e. The number of hydrogen-bond donors (Lipinski definition) is 0. The number of rotatable bonds is 8. The second-order valence-corrected chi connectivity index (χ2v) is 9.32. The van der Waals surface area contributed by atoms with Crippen LogP contribution in [0.4, 0.5) is 5.69 Å². The van der Waals surface area contributed by atoms with Crippen LogP contribution in [0.2, 0.25) is 0 Å². The molecule has 7 nitrogen and oxygen atoms in total. The summed E-state index contributed by atoms with van der Waals surface area (Å²) in [4.78, 5) is 34.2. The summed E-state index contributed by atoms with van der Waals surface area (Å²) in [6.07, 6.45) is 1.87. The van der Waals surface area contributed by atoms with E-state index in [1.807, 2.05) is 42.5 Å². The summed E-state index contributed by atoms with van der Waals surface area (Å²) in [7, 11) is 1.57. The Morgan fingerprint density at radius 3 is 2.44 bits per heavy atom. The van der Waals surface area contributed by atoms with Gasteiger partial charge in [0, 0.05) is 24.3 Å². The molecule has 36 heavy (non-hydrogen) atoms. The fraction of sp³-hybridized carbons (Fsp3) is 0.321. The van der Waals surface area contributed by atoms with E-state index >= 15 is 0 Å². The first kappa shape index (κ1) is 25.4. The summed E-state index contributed by atoms with van der Waals surface area (Å²) < 4.78 is 13.1. The highest BCUT2D eigenvalue weighted by Gasteiger charge is 2.34. The highest BCUT2D eigenvalue weighted by atomic mass is 32.1. The Morgan fingerprint density at radius 1 is 1.11 bits per heavy atom. The molecule has 188 valence electrons. The van der Waals surface area contributed by atoms with E-state index in [0.717, 1.165) is 24.3 Å². The highest BCUT2D eigenvalue weighted by molar-refractivity contribution is 7.07. The Hall–Kier alpha value is -3.65. The zero-order valence-electron chi connectivity index (χ0n) is 21.3. The van der Waals surface area contributed by atoms with E-state index < -0.39 is 12.0 Å². The SMILES string of the molecule is CCOC(=O)C1=C(C)N=c2s/c(=C/c3ccc(N(CC)CC)cc3)c(=O)n2[C@H]1c1ccccc1OC. The molecule has 1 aliphatic rings. The van der Waals surface area contributed by atoms with Gasteiger partial charge in [-0.05, 0) is 57.5 Å². The Kier molecular flexibility index (Phi) is 7.74. The fourth-order valence-corrected chi connectivity index (χ4v) is 5.55. The number of para-hydroxylation sites is 1. The molecule has 0 aliphatic carbocycles. The monoisotopic (exact) mass is 505 g/mol. The van der Waals surface area contributed by atoms with E-state index in [2.05, 4.69) is 35.9 Å². The van der Waals surface area contributed by atoms with Gasteiger partial charge in [-0.25, -0.2) is 9.79 Å². The van der Waals surface area contributed by atoms with E-state index in [1.165, 1.54) is 11.3 Å². The molecule has 0 unspecified atom stereocenters. The van der Waals surface area contributed by atoms with Crippen LogP contribution >= 0.6 is 11.3 Å². The van der Waals surface area contributed by atoms with Crippen LogP contribution in [0.25, 0.3) is 6.08 Å². The first-order chi connectivity index (χ1) is 17.4. The van der Waals surface area contributed by atoms with Gasteiger partial charge in [0.25, 0.3) is 5.56 Å². The maximum absolute atomic E-state index is 13.8. The number of esters is 1. The number of thiazole rings is 1. The molecule has 0 bridgehead atoms. The molecular formula is C28H31N3O4S. The minimum atomic E-state index is -0.705. The van der Waals surface area contributed by atoms with Crippen LogP contribution in [-0.2, 0) is 9.53 Å². The first-order valence-electron chi connectivity index (χ1n) is 12.1. The third kappa shape index (κ3) is 4.73. The molecule has 0 amide bonds. The van der Waals surface area contributed by atoms with Crippen molar-refractivity contribution in [2.75, 3.05) is 31.7 Å². The van der Waals surface area contributed by atoms with Gasteiger partial charge in [-0.15, -0.1) is 0 Å². The quantitative estimate of drug-likeness (QED) is 0.437. The van der Waals surface area contributed by atoms with Crippen molar-refractivity contribution >= 4 is 29.1 Å². The highest BCUT2D eigenvalue weighted by Crippen LogP contribution is 2.35. The maximum Gasteiger partial charge on any atom is 0.338 e. The van der Waals surface area contributed by atoms with Crippen molar-refractivity contribution in [1.82, 2.24) is 4.57 Å². The number of carbonyl (C=O) groups is 1. The Labute approximate surface area is 214 Å². The lowest BCUT2D eigenvalue weighted by atomic mass is 9.95. The summed E-state index contributed by atoms with van der Waals surface area (Å²) in [5, 5.41) is 0. The average molecular weight is 506 g/mol. The molecule has 4 rings (SSSR count). The molecule has 0 N–H and O–H groups in total. The second kappa shape index (κ2) is 11.0. The molecule has 1 atom stereocenters. The van der Waals surface area contributed by atoms with Gasteiger partial charge in [-0.2, -0.15) is 0 Å². The van der Waals surface area contributed by atoms with Crippen LogP contribution in [0.5, 0.6) is 5.75 Å². The molecule has 3 aromatic rings. The number of ether oxygens (including phenoxy) is 2. The lowest BCUT2D eigenvalue weighted by molar-refractivity contribution is -0.139. The van der Waals surface area contributed by atoms with Crippen molar-refractivity contribution in [3.8, 4) is 5.75 Å². The third-order valence-corrected chi connectivity index (χ3v) is 7.25. The lowest BCUT2D eigenvalue weighted by Crippen LogP contribution is -2.40. The summed E-state index contributed by atoms with van der Waals surface area (Å²) in [5.41, 5.74) is 3.42. The molecule has 1 aromatic heterocycles. The van der Waals surface area contributed by atoms with Gasteiger partial charge in [-0.3, -0.25) is 9.36 Å². The number of carbonyl (C=O) groups excluding carboxylic acids is 1. The zero-order chi connectivity index (χ0) is 25.8. The van der Waals surface area contributed by atoms with Crippen LogP contribution in [0.3, 0.4) is 0 Å². The van der Waals surface area contributed by atoms with E-state index in [4.69, 9.17) is 9.47 Å². The van der Waals surface area contributed by atoms with Crippen molar-refractivity contribution < 1.29 is 14.3 Å². The number of aromatic nitrogens is 1. The molecule has 0 saturated carbocycles. The molecule has 8 heteroatoms. The van der Waals surface area contributed by atoms with Gasteiger partial charge in [-0.1, -0.05) is 41.7 Å². The first-order valence-corrected chi connectivity index (χ1v) is 12.9.